The Morgan fingerprint density at radius 1 is 1.18 bits per heavy atom. The summed E-state index contributed by atoms with van der Waals surface area (Å²) in [5.41, 5.74) is 0.381. The van der Waals surface area contributed by atoms with Crippen molar-refractivity contribution in [1.29, 1.82) is 0 Å². The molecule has 1 heteroatoms. The Labute approximate surface area is 71.1 Å². The van der Waals surface area contributed by atoms with E-state index in [4.69, 9.17) is 4.74 Å². The standard InChI is InChI=1S/C10H22O/c1-5-7-8-10(3,4)9-11-6-2/h5-9H2,1-4H3. The molecule has 0 saturated heterocycles. The van der Waals surface area contributed by atoms with Crippen LogP contribution in [0.2, 0.25) is 0 Å². The van der Waals surface area contributed by atoms with Crippen molar-refractivity contribution < 1.29 is 4.74 Å². The van der Waals surface area contributed by atoms with Crippen LogP contribution in [0.3, 0.4) is 0 Å². The molecule has 0 radical (unpaired) electrons. The van der Waals surface area contributed by atoms with Crippen LogP contribution in [0, 0.1) is 5.41 Å². The molecule has 0 heterocycles. The Balaban J connectivity index is 3.43. The SMILES string of the molecule is CCCCC(C)(C)COCC. The Morgan fingerprint density at radius 2 is 1.82 bits per heavy atom. The normalized spacial score (nSPS) is 12.0. The van der Waals surface area contributed by atoms with Crippen LogP contribution in [0.4, 0.5) is 0 Å². The van der Waals surface area contributed by atoms with Gasteiger partial charge < -0.3 is 4.74 Å². The van der Waals surface area contributed by atoms with Crippen LogP contribution >= 0.6 is 0 Å². The van der Waals surface area contributed by atoms with Crippen molar-refractivity contribution in [2.75, 3.05) is 13.2 Å². The van der Waals surface area contributed by atoms with Crippen LogP contribution in [0.1, 0.15) is 47.0 Å². The molecule has 0 fully saturated rings. The highest BCUT2D eigenvalue weighted by Crippen LogP contribution is 2.23. The van der Waals surface area contributed by atoms with E-state index in [9.17, 15) is 0 Å². The molecule has 0 bridgehead atoms. The quantitative estimate of drug-likeness (QED) is 0.576. The molecular formula is C10H22O. The topological polar surface area (TPSA) is 9.23 Å². The minimum atomic E-state index is 0.381. The van der Waals surface area contributed by atoms with Crippen LogP contribution < -0.4 is 0 Å². The largest absolute Gasteiger partial charge is 0.381 e. The van der Waals surface area contributed by atoms with E-state index < -0.39 is 0 Å². The summed E-state index contributed by atoms with van der Waals surface area (Å²) >= 11 is 0. The minimum Gasteiger partial charge on any atom is -0.381 e. The van der Waals surface area contributed by atoms with E-state index in [1.807, 2.05) is 0 Å². The lowest BCUT2D eigenvalue weighted by Crippen LogP contribution is -2.19. The second kappa shape index (κ2) is 5.59. The molecule has 0 saturated carbocycles. The van der Waals surface area contributed by atoms with E-state index in [-0.39, 0.29) is 0 Å². The van der Waals surface area contributed by atoms with Gasteiger partial charge in [0.05, 0.1) is 6.61 Å². The minimum absolute atomic E-state index is 0.381. The van der Waals surface area contributed by atoms with Gasteiger partial charge in [-0.05, 0) is 18.8 Å². The molecule has 68 valence electrons. The predicted molar refractivity (Wildman–Crippen MR) is 49.8 cm³/mol. The van der Waals surface area contributed by atoms with Gasteiger partial charge in [0, 0.05) is 6.61 Å². The summed E-state index contributed by atoms with van der Waals surface area (Å²) in [6.07, 6.45) is 3.89. The summed E-state index contributed by atoms with van der Waals surface area (Å²) in [6, 6.07) is 0. The first-order valence-corrected chi connectivity index (χ1v) is 4.70. The molecule has 11 heavy (non-hydrogen) atoms. The monoisotopic (exact) mass is 158 g/mol. The molecule has 0 rings (SSSR count). The lowest BCUT2D eigenvalue weighted by Gasteiger charge is -2.23. The Morgan fingerprint density at radius 3 is 2.27 bits per heavy atom. The van der Waals surface area contributed by atoms with Crippen molar-refractivity contribution in [3.63, 3.8) is 0 Å². The zero-order valence-electron chi connectivity index (χ0n) is 8.44. The van der Waals surface area contributed by atoms with Crippen molar-refractivity contribution >= 4 is 0 Å². The number of rotatable bonds is 6. The fourth-order valence-corrected chi connectivity index (χ4v) is 1.11. The second-order valence-corrected chi connectivity index (χ2v) is 3.90. The van der Waals surface area contributed by atoms with E-state index in [2.05, 4.69) is 27.7 Å². The fraction of sp³-hybridized carbons (Fsp3) is 1.00. The van der Waals surface area contributed by atoms with Crippen molar-refractivity contribution in [3.05, 3.63) is 0 Å². The third kappa shape index (κ3) is 6.36. The van der Waals surface area contributed by atoms with E-state index in [1.165, 1.54) is 19.3 Å². The van der Waals surface area contributed by atoms with Gasteiger partial charge in [0.15, 0.2) is 0 Å². The van der Waals surface area contributed by atoms with Crippen molar-refractivity contribution in [3.8, 4) is 0 Å². The summed E-state index contributed by atoms with van der Waals surface area (Å²) in [5.74, 6) is 0. The molecule has 0 aliphatic rings. The summed E-state index contributed by atoms with van der Waals surface area (Å²) in [7, 11) is 0. The molecule has 0 aromatic heterocycles. The summed E-state index contributed by atoms with van der Waals surface area (Å²) in [6.45, 7) is 10.6. The van der Waals surface area contributed by atoms with Crippen LogP contribution in [0.5, 0.6) is 0 Å². The zero-order chi connectivity index (χ0) is 8.74. The molecule has 0 aliphatic heterocycles. The Hall–Kier alpha value is -0.0400. The van der Waals surface area contributed by atoms with Crippen LogP contribution in [0.25, 0.3) is 0 Å². The molecule has 0 aromatic carbocycles. The van der Waals surface area contributed by atoms with E-state index >= 15 is 0 Å². The molecule has 0 unspecified atom stereocenters. The Kier molecular flexibility index (Phi) is 5.57. The number of hydrogen-bond acceptors (Lipinski definition) is 1. The van der Waals surface area contributed by atoms with Gasteiger partial charge in [-0.15, -0.1) is 0 Å². The fourth-order valence-electron chi connectivity index (χ4n) is 1.11. The average Bonchev–Trinajstić information content (AvgIpc) is 1.97. The van der Waals surface area contributed by atoms with Crippen molar-refractivity contribution in [2.45, 2.75) is 47.0 Å². The maximum Gasteiger partial charge on any atom is 0.0516 e. The molecule has 0 amide bonds. The first-order chi connectivity index (χ1) is 5.12. The third-order valence-corrected chi connectivity index (χ3v) is 1.90. The van der Waals surface area contributed by atoms with Gasteiger partial charge in [0.25, 0.3) is 0 Å². The molecule has 0 aliphatic carbocycles. The maximum absolute atomic E-state index is 5.40. The predicted octanol–water partition coefficient (Wildman–Crippen LogP) is 3.24. The lowest BCUT2D eigenvalue weighted by molar-refractivity contribution is 0.0648. The average molecular weight is 158 g/mol. The number of unbranched alkanes of at least 4 members (excludes halogenated alkanes) is 1. The van der Waals surface area contributed by atoms with Gasteiger partial charge in [-0.3, -0.25) is 0 Å². The second-order valence-electron chi connectivity index (χ2n) is 3.90. The van der Waals surface area contributed by atoms with Gasteiger partial charge in [-0.25, -0.2) is 0 Å². The van der Waals surface area contributed by atoms with Gasteiger partial charge in [-0.1, -0.05) is 33.6 Å². The third-order valence-electron chi connectivity index (χ3n) is 1.90. The summed E-state index contributed by atoms with van der Waals surface area (Å²) < 4.78 is 5.40. The molecule has 1 nitrogen and oxygen atoms in total. The van der Waals surface area contributed by atoms with E-state index in [0.29, 0.717) is 5.41 Å². The highest BCUT2D eigenvalue weighted by molar-refractivity contribution is 4.66. The van der Waals surface area contributed by atoms with Crippen LogP contribution in [-0.4, -0.2) is 13.2 Å². The highest BCUT2D eigenvalue weighted by atomic mass is 16.5. The summed E-state index contributed by atoms with van der Waals surface area (Å²) in [5, 5.41) is 0. The van der Waals surface area contributed by atoms with Gasteiger partial charge in [-0.2, -0.15) is 0 Å². The number of hydrogen-bond donors (Lipinski definition) is 0. The lowest BCUT2D eigenvalue weighted by atomic mass is 9.88. The molecule has 0 atom stereocenters. The van der Waals surface area contributed by atoms with Crippen molar-refractivity contribution in [2.24, 2.45) is 5.41 Å². The number of ether oxygens (including phenoxy) is 1. The Bertz CT molecular complexity index is 76.9. The molecule has 0 spiro atoms. The van der Waals surface area contributed by atoms with Crippen LogP contribution in [-0.2, 0) is 4.74 Å². The smallest absolute Gasteiger partial charge is 0.0516 e. The van der Waals surface area contributed by atoms with Crippen LogP contribution in [0.15, 0.2) is 0 Å². The van der Waals surface area contributed by atoms with E-state index in [0.717, 1.165) is 13.2 Å². The van der Waals surface area contributed by atoms with Gasteiger partial charge in [0.2, 0.25) is 0 Å². The first kappa shape index (κ1) is 11.0. The molecule has 0 N–H and O–H groups in total. The van der Waals surface area contributed by atoms with Gasteiger partial charge >= 0.3 is 0 Å². The molecule has 0 aromatic rings. The van der Waals surface area contributed by atoms with E-state index in [1.54, 1.807) is 0 Å². The maximum atomic E-state index is 5.40. The molecular weight excluding hydrogens is 136 g/mol. The zero-order valence-corrected chi connectivity index (χ0v) is 8.44. The highest BCUT2D eigenvalue weighted by Gasteiger charge is 2.16. The van der Waals surface area contributed by atoms with Gasteiger partial charge in [0.1, 0.15) is 0 Å². The van der Waals surface area contributed by atoms with Crippen molar-refractivity contribution in [1.82, 2.24) is 0 Å². The first-order valence-electron chi connectivity index (χ1n) is 4.70. The summed E-state index contributed by atoms with van der Waals surface area (Å²) in [4.78, 5) is 0.